The van der Waals surface area contributed by atoms with Crippen molar-refractivity contribution in [3.63, 3.8) is 0 Å². The van der Waals surface area contributed by atoms with Gasteiger partial charge < -0.3 is 0 Å². The van der Waals surface area contributed by atoms with Crippen LogP contribution in [0.15, 0.2) is 70.6 Å². The number of fused-ring (bicyclic) bond motifs is 1. The number of aliphatic imine (C=N–C) groups is 1. The highest BCUT2D eigenvalue weighted by Gasteiger charge is 2.47. The predicted octanol–water partition coefficient (Wildman–Crippen LogP) is 4.72. The van der Waals surface area contributed by atoms with Crippen molar-refractivity contribution >= 4 is 43.5 Å². The van der Waals surface area contributed by atoms with E-state index in [2.05, 4.69) is 9.57 Å². The molecular formula is C25H31N2O6S2+. The van der Waals surface area contributed by atoms with Crippen LogP contribution < -0.4 is 0 Å². The third-order valence-corrected chi connectivity index (χ3v) is 7.82. The number of allylic oxidation sites excluding steroid dienone is 2. The van der Waals surface area contributed by atoms with Gasteiger partial charge in [0.15, 0.2) is 5.71 Å². The Balaban J connectivity index is 1.93. The van der Waals surface area contributed by atoms with Crippen molar-refractivity contribution in [2.45, 2.75) is 49.8 Å². The molecule has 0 amide bonds. The van der Waals surface area contributed by atoms with Crippen molar-refractivity contribution in [3.8, 4) is 0 Å². The van der Waals surface area contributed by atoms with Gasteiger partial charge in [-0.1, -0.05) is 30.7 Å². The highest BCUT2D eigenvalue weighted by atomic mass is 32.2. The van der Waals surface area contributed by atoms with Crippen LogP contribution in [-0.2, 0) is 25.7 Å². The standard InChI is InChI=1S/C25H30N2O6S2/c1-3-27-23-15-14-21(35(31,32)33)19-22(23)25(2,16-8-10-18-34(28,29)30)24(27)13-7-9-17-26-20-11-5-4-6-12-20/h4-7,11-15,17,19H,3,8-10,16,18H2,1-2H3,(H-,28,29,30,31,32,33)/p+1. The van der Waals surface area contributed by atoms with Crippen LogP contribution in [0, 0.1) is 0 Å². The monoisotopic (exact) mass is 519 g/mol. The first-order chi connectivity index (χ1) is 16.5. The molecule has 2 aromatic rings. The Morgan fingerprint density at radius 2 is 1.74 bits per heavy atom. The van der Waals surface area contributed by atoms with Crippen molar-refractivity contribution in [1.82, 2.24) is 0 Å². The van der Waals surface area contributed by atoms with E-state index < -0.39 is 25.7 Å². The second-order valence-electron chi connectivity index (χ2n) is 8.64. The average Bonchev–Trinajstić information content (AvgIpc) is 3.03. The van der Waals surface area contributed by atoms with Crippen LogP contribution in [0.1, 0.15) is 45.1 Å². The molecule has 8 nitrogen and oxygen atoms in total. The van der Waals surface area contributed by atoms with E-state index in [1.807, 2.05) is 62.5 Å². The fourth-order valence-electron chi connectivity index (χ4n) is 4.47. The van der Waals surface area contributed by atoms with Crippen LogP contribution in [0.3, 0.4) is 0 Å². The van der Waals surface area contributed by atoms with Gasteiger partial charge in [0, 0.05) is 30.3 Å². The highest BCUT2D eigenvalue weighted by Crippen LogP contribution is 2.44. The van der Waals surface area contributed by atoms with Gasteiger partial charge in [0.2, 0.25) is 5.69 Å². The van der Waals surface area contributed by atoms with Crippen molar-refractivity contribution in [2.75, 3.05) is 12.3 Å². The molecule has 1 atom stereocenters. The summed E-state index contributed by atoms with van der Waals surface area (Å²) >= 11 is 0. The molecular weight excluding hydrogens is 488 g/mol. The summed E-state index contributed by atoms with van der Waals surface area (Å²) in [7, 11) is -8.44. The minimum absolute atomic E-state index is 0.184. The highest BCUT2D eigenvalue weighted by molar-refractivity contribution is 7.86. The maximum absolute atomic E-state index is 11.8. The maximum atomic E-state index is 11.8. The van der Waals surface area contributed by atoms with Gasteiger partial charge >= 0.3 is 0 Å². The average molecular weight is 520 g/mol. The number of hydrogen-bond acceptors (Lipinski definition) is 5. The van der Waals surface area contributed by atoms with Crippen molar-refractivity contribution in [1.29, 1.82) is 0 Å². The molecule has 0 spiro atoms. The summed E-state index contributed by atoms with van der Waals surface area (Å²) in [4.78, 5) is 4.25. The van der Waals surface area contributed by atoms with Gasteiger partial charge in [0.05, 0.1) is 21.8 Å². The zero-order valence-corrected chi connectivity index (χ0v) is 21.5. The lowest BCUT2D eigenvalue weighted by Gasteiger charge is -2.22. The summed E-state index contributed by atoms with van der Waals surface area (Å²) in [6.45, 7) is 4.62. The third-order valence-electron chi connectivity index (χ3n) is 6.17. The summed E-state index contributed by atoms with van der Waals surface area (Å²) in [5.41, 5.74) is 2.77. The molecule has 3 rings (SSSR count). The summed E-state index contributed by atoms with van der Waals surface area (Å²) in [6, 6.07) is 14.2. The van der Waals surface area contributed by atoms with Crippen LogP contribution in [0.5, 0.6) is 0 Å². The summed E-state index contributed by atoms with van der Waals surface area (Å²) in [5.74, 6) is -0.334. The minimum atomic E-state index is -4.39. The van der Waals surface area contributed by atoms with E-state index in [4.69, 9.17) is 4.55 Å². The molecule has 0 saturated heterocycles. The van der Waals surface area contributed by atoms with Gasteiger partial charge in [0.25, 0.3) is 20.2 Å². The summed E-state index contributed by atoms with van der Waals surface area (Å²) in [5, 5.41) is 0. The van der Waals surface area contributed by atoms with E-state index in [9.17, 15) is 21.4 Å². The molecule has 0 fully saturated rings. The second-order valence-corrected chi connectivity index (χ2v) is 11.6. The van der Waals surface area contributed by atoms with Gasteiger partial charge in [-0.15, -0.1) is 0 Å². The van der Waals surface area contributed by atoms with Crippen LogP contribution in [0.2, 0.25) is 0 Å². The van der Waals surface area contributed by atoms with Crippen LogP contribution in [0.25, 0.3) is 0 Å². The molecule has 35 heavy (non-hydrogen) atoms. The number of unbranched alkanes of at least 4 members (excludes halogenated alkanes) is 1. The van der Waals surface area contributed by atoms with Crippen molar-refractivity contribution in [3.05, 3.63) is 66.2 Å². The molecule has 10 heteroatoms. The first-order valence-electron chi connectivity index (χ1n) is 11.4. The molecule has 0 saturated carbocycles. The molecule has 188 valence electrons. The Labute approximate surface area is 207 Å². The fraction of sp³-hybridized carbons (Fsp3) is 0.360. The fourth-order valence-corrected chi connectivity index (χ4v) is 5.55. The molecule has 1 unspecified atom stereocenters. The molecule has 1 aliphatic heterocycles. The van der Waals surface area contributed by atoms with Gasteiger partial charge in [-0.3, -0.25) is 14.1 Å². The smallest absolute Gasteiger partial charge is 0.286 e. The van der Waals surface area contributed by atoms with Crippen molar-refractivity contribution in [2.24, 2.45) is 4.99 Å². The lowest BCUT2D eigenvalue weighted by atomic mass is 9.75. The molecule has 1 heterocycles. The molecule has 0 aromatic heterocycles. The number of benzene rings is 2. The molecule has 0 radical (unpaired) electrons. The van der Waals surface area contributed by atoms with Crippen LogP contribution >= 0.6 is 0 Å². The zero-order chi connectivity index (χ0) is 25.7. The normalized spacial score (nSPS) is 18.6. The van der Waals surface area contributed by atoms with Crippen molar-refractivity contribution < 1.29 is 30.5 Å². The molecule has 2 N–H and O–H groups in total. The number of nitrogens with zero attached hydrogens (tertiary/aromatic N) is 2. The maximum Gasteiger partial charge on any atom is 0.294 e. The summed E-state index contributed by atoms with van der Waals surface area (Å²) < 4.78 is 66.7. The summed E-state index contributed by atoms with van der Waals surface area (Å²) in [6.07, 6.45) is 7.67. The molecule has 1 aliphatic rings. The first kappa shape index (κ1) is 26.9. The Bertz CT molecular complexity index is 1360. The topological polar surface area (TPSA) is 124 Å². The van der Waals surface area contributed by atoms with E-state index in [0.29, 0.717) is 25.8 Å². The SMILES string of the molecule is CC[N+]1=C(C=CCC=Nc2ccccc2)C(C)(CCCCS(=O)(=O)O)c2cc(S(=O)(=O)O)ccc21. The minimum Gasteiger partial charge on any atom is -0.286 e. The first-order valence-corrected chi connectivity index (χ1v) is 14.5. The second kappa shape index (κ2) is 10.9. The van der Waals surface area contributed by atoms with Gasteiger partial charge in [-0.2, -0.15) is 21.4 Å². The van der Waals surface area contributed by atoms with E-state index >= 15 is 0 Å². The number of para-hydroxylation sites is 1. The number of hydrogen-bond donors (Lipinski definition) is 2. The zero-order valence-electron chi connectivity index (χ0n) is 19.8. The predicted molar refractivity (Wildman–Crippen MR) is 138 cm³/mol. The lowest BCUT2D eigenvalue weighted by Crippen LogP contribution is -2.31. The van der Waals surface area contributed by atoms with E-state index in [1.54, 1.807) is 6.07 Å². The van der Waals surface area contributed by atoms with Gasteiger partial charge in [-0.05, 0) is 51.0 Å². The molecule has 2 aromatic carbocycles. The van der Waals surface area contributed by atoms with Crippen LogP contribution in [-0.4, -0.2) is 54.7 Å². The largest absolute Gasteiger partial charge is 0.294 e. The lowest BCUT2D eigenvalue weighted by molar-refractivity contribution is -0.433. The number of rotatable bonds is 11. The van der Waals surface area contributed by atoms with E-state index in [1.165, 1.54) is 12.1 Å². The Morgan fingerprint density at radius 1 is 1.03 bits per heavy atom. The Hall–Kier alpha value is -2.66. The van der Waals surface area contributed by atoms with Gasteiger partial charge in [0.1, 0.15) is 6.54 Å². The third kappa shape index (κ3) is 6.72. The van der Waals surface area contributed by atoms with Gasteiger partial charge in [-0.25, -0.2) is 0 Å². The molecule has 0 bridgehead atoms. The Morgan fingerprint density at radius 3 is 2.37 bits per heavy atom. The van der Waals surface area contributed by atoms with Crippen LogP contribution in [0.4, 0.5) is 11.4 Å². The van der Waals surface area contributed by atoms with E-state index in [0.717, 1.165) is 22.6 Å². The molecule has 0 aliphatic carbocycles. The quantitative estimate of drug-likeness (QED) is 0.192. The van der Waals surface area contributed by atoms with E-state index in [-0.39, 0.29) is 17.1 Å². The Kier molecular flexibility index (Phi) is 8.42.